The lowest BCUT2D eigenvalue weighted by Gasteiger charge is -2.34. The molecule has 0 radical (unpaired) electrons. The van der Waals surface area contributed by atoms with Gasteiger partial charge in [-0.05, 0) is 6.26 Å². The number of nitrogens with zero attached hydrogens (tertiary/aromatic N) is 4. The van der Waals surface area contributed by atoms with Gasteiger partial charge in [0.05, 0.1) is 0 Å². The first kappa shape index (κ1) is 12.2. The first-order valence-corrected chi connectivity index (χ1v) is 7.07. The molecule has 1 amide bonds. The smallest absolute Gasteiger partial charge is 0.223 e. The molecule has 1 fully saturated rings. The minimum atomic E-state index is 0.261. The van der Waals surface area contributed by atoms with Gasteiger partial charge < -0.3 is 9.80 Å². The Labute approximate surface area is 105 Å². The van der Waals surface area contributed by atoms with E-state index in [1.165, 1.54) is 6.33 Å². The molecule has 0 aromatic carbocycles. The number of anilines is 1. The van der Waals surface area contributed by atoms with Crippen molar-refractivity contribution in [2.75, 3.05) is 43.1 Å². The largest absolute Gasteiger partial charge is 0.339 e. The van der Waals surface area contributed by atoms with Gasteiger partial charge in [-0.15, -0.1) is 0 Å². The molecule has 0 spiro atoms. The van der Waals surface area contributed by atoms with Crippen molar-refractivity contribution in [3.05, 3.63) is 6.33 Å². The Balaban J connectivity index is 1.80. The Morgan fingerprint density at radius 1 is 1.47 bits per heavy atom. The molecule has 2 heterocycles. The number of carbonyl (C=O) groups excluding carboxylic acids is 1. The van der Waals surface area contributed by atoms with Crippen LogP contribution in [0.25, 0.3) is 0 Å². The summed E-state index contributed by atoms with van der Waals surface area (Å²) in [5.41, 5.74) is 0. The molecule has 1 N–H and O–H groups in total. The van der Waals surface area contributed by atoms with Crippen molar-refractivity contribution in [3.63, 3.8) is 0 Å². The van der Waals surface area contributed by atoms with Crippen LogP contribution in [-0.2, 0) is 4.79 Å². The first-order chi connectivity index (χ1) is 8.31. The van der Waals surface area contributed by atoms with Gasteiger partial charge in [0, 0.05) is 38.4 Å². The maximum atomic E-state index is 11.8. The number of hydrogen-bond donors (Lipinski definition) is 1. The molecule has 6 nitrogen and oxygen atoms in total. The van der Waals surface area contributed by atoms with E-state index in [0.29, 0.717) is 6.42 Å². The second kappa shape index (κ2) is 5.90. The summed E-state index contributed by atoms with van der Waals surface area (Å²) >= 11 is 1.71. The van der Waals surface area contributed by atoms with Crippen LogP contribution in [0.15, 0.2) is 6.33 Å². The third-order valence-corrected chi connectivity index (χ3v) is 3.47. The Hall–Kier alpha value is -1.24. The highest BCUT2D eigenvalue weighted by molar-refractivity contribution is 7.98. The molecule has 2 rings (SSSR count). The second-order valence-corrected chi connectivity index (χ2v) is 4.91. The van der Waals surface area contributed by atoms with Crippen molar-refractivity contribution in [3.8, 4) is 0 Å². The average molecular weight is 255 g/mol. The van der Waals surface area contributed by atoms with Gasteiger partial charge in [0.15, 0.2) is 0 Å². The van der Waals surface area contributed by atoms with Crippen LogP contribution in [-0.4, -0.2) is 64.2 Å². The van der Waals surface area contributed by atoms with Gasteiger partial charge in [0.25, 0.3) is 0 Å². The van der Waals surface area contributed by atoms with Crippen molar-refractivity contribution >= 4 is 23.6 Å². The third kappa shape index (κ3) is 3.12. The van der Waals surface area contributed by atoms with Crippen LogP contribution in [0.2, 0.25) is 0 Å². The summed E-state index contributed by atoms with van der Waals surface area (Å²) in [6, 6.07) is 0. The maximum Gasteiger partial charge on any atom is 0.223 e. The van der Waals surface area contributed by atoms with Crippen LogP contribution in [0.5, 0.6) is 0 Å². The summed E-state index contributed by atoms with van der Waals surface area (Å²) in [5.74, 6) is 1.96. The fraction of sp³-hybridized carbons (Fsp3) is 0.700. The number of rotatable bonds is 4. The number of aromatic amines is 1. The molecule has 0 bridgehead atoms. The highest BCUT2D eigenvalue weighted by atomic mass is 32.2. The zero-order valence-corrected chi connectivity index (χ0v) is 10.7. The quantitative estimate of drug-likeness (QED) is 0.833. The lowest BCUT2D eigenvalue weighted by molar-refractivity contribution is -0.131. The Bertz CT molecular complexity index is 348. The van der Waals surface area contributed by atoms with Crippen molar-refractivity contribution in [2.24, 2.45) is 0 Å². The van der Waals surface area contributed by atoms with Crippen molar-refractivity contribution in [1.82, 2.24) is 20.1 Å². The number of hydrogen-bond acceptors (Lipinski definition) is 5. The highest BCUT2D eigenvalue weighted by Crippen LogP contribution is 2.10. The molecule has 1 aromatic heterocycles. The molecule has 7 heteroatoms. The Morgan fingerprint density at radius 2 is 2.24 bits per heavy atom. The standard InChI is InChI=1S/C10H17N5OS/c1-17-7-2-9(16)14-3-5-15(6-4-14)10-11-8-12-13-10/h8H,2-7H2,1H3,(H,11,12,13). The number of nitrogens with one attached hydrogen (secondary N) is 1. The normalized spacial score (nSPS) is 16.3. The van der Waals surface area contributed by atoms with E-state index in [0.717, 1.165) is 37.9 Å². The average Bonchev–Trinajstić information content (AvgIpc) is 2.90. The number of piperazine rings is 1. The second-order valence-electron chi connectivity index (χ2n) is 3.92. The van der Waals surface area contributed by atoms with Gasteiger partial charge >= 0.3 is 0 Å². The molecule has 0 aliphatic carbocycles. The first-order valence-electron chi connectivity index (χ1n) is 5.68. The summed E-state index contributed by atoms with van der Waals surface area (Å²) in [6.07, 6.45) is 4.17. The molecule has 1 aliphatic heterocycles. The van der Waals surface area contributed by atoms with Crippen molar-refractivity contribution < 1.29 is 4.79 Å². The predicted octanol–water partition coefficient (Wildman–Crippen LogP) is 0.206. The molecule has 1 aliphatic rings. The summed E-state index contributed by atoms with van der Waals surface area (Å²) in [4.78, 5) is 20.0. The third-order valence-electron chi connectivity index (χ3n) is 2.85. The molecule has 17 heavy (non-hydrogen) atoms. The minimum absolute atomic E-state index is 0.261. The molecule has 0 atom stereocenters. The van der Waals surface area contributed by atoms with E-state index in [-0.39, 0.29) is 5.91 Å². The fourth-order valence-electron chi connectivity index (χ4n) is 1.87. The van der Waals surface area contributed by atoms with Gasteiger partial charge in [0.1, 0.15) is 6.33 Å². The Morgan fingerprint density at radius 3 is 2.82 bits per heavy atom. The lowest BCUT2D eigenvalue weighted by atomic mass is 10.3. The van der Waals surface area contributed by atoms with E-state index < -0.39 is 0 Å². The van der Waals surface area contributed by atoms with Gasteiger partial charge in [-0.25, -0.2) is 5.10 Å². The predicted molar refractivity (Wildman–Crippen MR) is 68.2 cm³/mol. The summed E-state index contributed by atoms with van der Waals surface area (Å²) in [6.45, 7) is 3.18. The van der Waals surface area contributed by atoms with Gasteiger partial charge in [-0.2, -0.15) is 21.8 Å². The monoisotopic (exact) mass is 255 g/mol. The SMILES string of the molecule is CSCCC(=O)N1CCN(c2ncn[nH]2)CC1. The van der Waals surface area contributed by atoms with Crippen LogP contribution >= 0.6 is 11.8 Å². The molecule has 0 unspecified atom stereocenters. The summed E-state index contributed by atoms with van der Waals surface area (Å²) < 4.78 is 0. The van der Waals surface area contributed by atoms with E-state index in [4.69, 9.17) is 0 Å². The highest BCUT2D eigenvalue weighted by Gasteiger charge is 2.21. The van der Waals surface area contributed by atoms with Crippen molar-refractivity contribution in [2.45, 2.75) is 6.42 Å². The zero-order chi connectivity index (χ0) is 12.1. The number of H-pyrrole nitrogens is 1. The number of aromatic nitrogens is 3. The van der Waals surface area contributed by atoms with Crippen LogP contribution in [0.4, 0.5) is 5.95 Å². The molecular formula is C10H17N5OS. The van der Waals surface area contributed by atoms with Crippen LogP contribution < -0.4 is 4.90 Å². The zero-order valence-electron chi connectivity index (χ0n) is 9.93. The van der Waals surface area contributed by atoms with Gasteiger partial charge in [0.2, 0.25) is 11.9 Å². The summed E-state index contributed by atoms with van der Waals surface area (Å²) in [5, 5.41) is 6.67. The van der Waals surface area contributed by atoms with E-state index in [9.17, 15) is 4.79 Å². The number of carbonyl (C=O) groups is 1. The fourth-order valence-corrected chi connectivity index (χ4v) is 2.25. The molecule has 94 valence electrons. The van der Waals surface area contributed by atoms with Crippen LogP contribution in [0, 0.1) is 0 Å². The van der Waals surface area contributed by atoms with Gasteiger partial charge in [-0.1, -0.05) is 0 Å². The van der Waals surface area contributed by atoms with E-state index in [1.807, 2.05) is 11.2 Å². The van der Waals surface area contributed by atoms with Gasteiger partial charge in [-0.3, -0.25) is 4.79 Å². The maximum absolute atomic E-state index is 11.8. The summed E-state index contributed by atoms with van der Waals surface area (Å²) in [7, 11) is 0. The molecule has 1 aromatic rings. The molecular weight excluding hydrogens is 238 g/mol. The molecule has 1 saturated heterocycles. The van der Waals surface area contributed by atoms with E-state index >= 15 is 0 Å². The number of thioether (sulfide) groups is 1. The minimum Gasteiger partial charge on any atom is -0.339 e. The molecule has 0 saturated carbocycles. The lowest BCUT2D eigenvalue weighted by Crippen LogP contribution is -2.49. The number of amides is 1. The van der Waals surface area contributed by atoms with Crippen LogP contribution in [0.3, 0.4) is 0 Å². The van der Waals surface area contributed by atoms with E-state index in [1.54, 1.807) is 11.8 Å². The Kier molecular flexibility index (Phi) is 4.24. The van der Waals surface area contributed by atoms with Crippen molar-refractivity contribution in [1.29, 1.82) is 0 Å². The van der Waals surface area contributed by atoms with E-state index in [2.05, 4.69) is 20.1 Å². The topological polar surface area (TPSA) is 65.1 Å². The van der Waals surface area contributed by atoms with Crippen LogP contribution in [0.1, 0.15) is 6.42 Å².